The predicted octanol–water partition coefficient (Wildman–Crippen LogP) is 1.65. The van der Waals surface area contributed by atoms with Crippen LogP contribution in [0.1, 0.15) is 18.5 Å². The molecule has 0 spiro atoms. The Morgan fingerprint density at radius 2 is 2.07 bits per heavy atom. The van der Waals surface area contributed by atoms with Crippen LogP contribution in [0.25, 0.3) is 0 Å². The van der Waals surface area contributed by atoms with Gasteiger partial charge in [-0.25, -0.2) is 4.39 Å². The van der Waals surface area contributed by atoms with Gasteiger partial charge in [0.05, 0.1) is 6.04 Å². The van der Waals surface area contributed by atoms with Crippen LogP contribution in [-0.2, 0) is 9.53 Å². The highest BCUT2D eigenvalue weighted by Gasteiger charge is 2.08. The number of rotatable bonds is 4. The average Bonchev–Trinajstić information content (AvgIpc) is 2.18. The molecule has 82 valence electrons. The fourth-order valence-electron chi connectivity index (χ4n) is 1.25. The lowest BCUT2D eigenvalue weighted by atomic mass is 10.1. The molecule has 1 atom stereocenters. The maximum Gasteiger partial charge on any atom is 0.246 e. The van der Waals surface area contributed by atoms with Gasteiger partial charge in [-0.15, -0.1) is 0 Å². The van der Waals surface area contributed by atoms with E-state index in [0.717, 1.165) is 5.56 Å². The molecule has 0 aliphatic rings. The summed E-state index contributed by atoms with van der Waals surface area (Å²) in [5.41, 5.74) is 0.862. The van der Waals surface area contributed by atoms with Gasteiger partial charge < -0.3 is 10.1 Å². The molecule has 0 saturated carbocycles. The number of carbonyl (C=O) groups is 1. The standard InChI is InChI=1S/C11H14FNO2/c1-8(13-11(14)7-15-2)9-3-5-10(12)6-4-9/h3-6,8H,7H2,1-2H3,(H,13,14)/t8-/m1/s1. The first-order chi connectivity index (χ1) is 7.13. The summed E-state index contributed by atoms with van der Waals surface area (Å²) in [6.45, 7) is 1.87. The second kappa shape index (κ2) is 5.46. The Morgan fingerprint density at radius 1 is 1.47 bits per heavy atom. The number of benzene rings is 1. The van der Waals surface area contributed by atoms with E-state index in [9.17, 15) is 9.18 Å². The zero-order valence-electron chi connectivity index (χ0n) is 8.79. The van der Waals surface area contributed by atoms with Crippen LogP contribution >= 0.6 is 0 Å². The molecule has 3 nitrogen and oxygen atoms in total. The van der Waals surface area contributed by atoms with Gasteiger partial charge in [-0.05, 0) is 24.6 Å². The minimum absolute atomic E-state index is 0.0333. The van der Waals surface area contributed by atoms with E-state index in [0.29, 0.717) is 0 Å². The first-order valence-corrected chi connectivity index (χ1v) is 4.67. The molecule has 0 unspecified atom stereocenters. The summed E-state index contributed by atoms with van der Waals surface area (Å²) in [7, 11) is 1.46. The molecule has 15 heavy (non-hydrogen) atoms. The molecule has 0 aliphatic heterocycles. The summed E-state index contributed by atoms with van der Waals surface area (Å²) < 4.78 is 17.3. The van der Waals surface area contributed by atoms with Crippen molar-refractivity contribution in [2.75, 3.05) is 13.7 Å². The van der Waals surface area contributed by atoms with Crippen molar-refractivity contribution in [3.05, 3.63) is 35.6 Å². The van der Waals surface area contributed by atoms with Gasteiger partial charge >= 0.3 is 0 Å². The highest BCUT2D eigenvalue weighted by Crippen LogP contribution is 2.12. The lowest BCUT2D eigenvalue weighted by Crippen LogP contribution is -2.29. The molecular weight excluding hydrogens is 197 g/mol. The van der Waals surface area contributed by atoms with E-state index >= 15 is 0 Å². The van der Waals surface area contributed by atoms with E-state index in [-0.39, 0.29) is 24.4 Å². The molecule has 1 aromatic carbocycles. The summed E-state index contributed by atoms with van der Waals surface area (Å²) >= 11 is 0. The number of ether oxygens (including phenoxy) is 1. The Labute approximate surface area is 88.2 Å². The Kier molecular flexibility index (Phi) is 4.24. The van der Waals surface area contributed by atoms with Crippen LogP contribution in [0.3, 0.4) is 0 Å². The van der Waals surface area contributed by atoms with Gasteiger partial charge in [-0.1, -0.05) is 12.1 Å². The number of hydrogen-bond acceptors (Lipinski definition) is 2. The van der Waals surface area contributed by atoms with Crippen molar-refractivity contribution in [3.63, 3.8) is 0 Å². The number of halogens is 1. The van der Waals surface area contributed by atoms with Crippen LogP contribution in [0.15, 0.2) is 24.3 Å². The summed E-state index contributed by atoms with van der Waals surface area (Å²) in [5, 5.41) is 2.73. The zero-order chi connectivity index (χ0) is 11.3. The fourth-order valence-corrected chi connectivity index (χ4v) is 1.25. The van der Waals surface area contributed by atoms with Crippen molar-refractivity contribution in [1.82, 2.24) is 5.32 Å². The minimum atomic E-state index is -0.283. The Balaban J connectivity index is 2.57. The lowest BCUT2D eigenvalue weighted by molar-refractivity contribution is -0.125. The molecule has 1 N–H and O–H groups in total. The molecule has 1 rings (SSSR count). The van der Waals surface area contributed by atoms with Crippen molar-refractivity contribution >= 4 is 5.91 Å². The average molecular weight is 211 g/mol. The van der Waals surface area contributed by atoms with Gasteiger partial charge in [-0.3, -0.25) is 4.79 Å². The van der Waals surface area contributed by atoms with E-state index in [4.69, 9.17) is 0 Å². The molecular formula is C11H14FNO2. The topological polar surface area (TPSA) is 38.3 Å². The molecule has 0 aliphatic carbocycles. The Hall–Kier alpha value is -1.42. The van der Waals surface area contributed by atoms with E-state index in [1.54, 1.807) is 12.1 Å². The number of carbonyl (C=O) groups excluding carboxylic acids is 1. The van der Waals surface area contributed by atoms with Crippen molar-refractivity contribution in [1.29, 1.82) is 0 Å². The maximum absolute atomic E-state index is 12.6. The summed E-state index contributed by atoms with van der Waals surface area (Å²) in [6, 6.07) is 5.89. The number of methoxy groups -OCH3 is 1. The van der Waals surface area contributed by atoms with Crippen LogP contribution in [0.5, 0.6) is 0 Å². The minimum Gasteiger partial charge on any atom is -0.375 e. The van der Waals surface area contributed by atoms with E-state index < -0.39 is 0 Å². The normalized spacial score (nSPS) is 12.2. The van der Waals surface area contributed by atoms with Gasteiger partial charge in [0, 0.05) is 7.11 Å². The maximum atomic E-state index is 12.6. The van der Waals surface area contributed by atoms with E-state index in [1.165, 1.54) is 19.2 Å². The molecule has 0 aromatic heterocycles. The molecule has 0 radical (unpaired) electrons. The van der Waals surface area contributed by atoms with Gasteiger partial charge in [-0.2, -0.15) is 0 Å². The largest absolute Gasteiger partial charge is 0.375 e. The highest BCUT2D eigenvalue weighted by atomic mass is 19.1. The first kappa shape index (κ1) is 11.7. The third kappa shape index (κ3) is 3.67. The highest BCUT2D eigenvalue weighted by molar-refractivity contribution is 5.77. The monoisotopic (exact) mass is 211 g/mol. The number of hydrogen-bond donors (Lipinski definition) is 1. The number of amides is 1. The van der Waals surface area contributed by atoms with E-state index in [1.807, 2.05) is 6.92 Å². The smallest absolute Gasteiger partial charge is 0.246 e. The third-order valence-electron chi connectivity index (χ3n) is 2.02. The van der Waals surface area contributed by atoms with Crippen LogP contribution in [0.2, 0.25) is 0 Å². The van der Waals surface area contributed by atoms with Crippen molar-refractivity contribution in [2.45, 2.75) is 13.0 Å². The first-order valence-electron chi connectivity index (χ1n) is 4.67. The summed E-state index contributed by atoms with van der Waals surface area (Å²) in [4.78, 5) is 11.2. The Morgan fingerprint density at radius 3 is 2.60 bits per heavy atom. The second-order valence-corrected chi connectivity index (χ2v) is 3.27. The number of nitrogens with one attached hydrogen (secondary N) is 1. The molecule has 1 amide bonds. The van der Waals surface area contributed by atoms with Crippen LogP contribution in [-0.4, -0.2) is 19.6 Å². The van der Waals surface area contributed by atoms with Gasteiger partial charge in [0.2, 0.25) is 5.91 Å². The Bertz CT molecular complexity index is 324. The SMILES string of the molecule is COCC(=O)N[C@H](C)c1ccc(F)cc1. The van der Waals surface area contributed by atoms with Crippen molar-refractivity contribution < 1.29 is 13.9 Å². The molecule has 0 heterocycles. The molecule has 1 aromatic rings. The second-order valence-electron chi connectivity index (χ2n) is 3.27. The van der Waals surface area contributed by atoms with Gasteiger partial charge in [0.1, 0.15) is 12.4 Å². The van der Waals surface area contributed by atoms with E-state index in [2.05, 4.69) is 10.1 Å². The fraction of sp³-hybridized carbons (Fsp3) is 0.364. The predicted molar refractivity (Wildman–Crippen MR) is 54.8 cm³/mol. The van der Waals surface area contributed by atoms with Crippen molar-refractivity contribution in [2.24, 2.45) is 0 Å². The molecule has 4 heteroatoms. The van der Waals surface area contributed by atoms with Crippen molar-refractivity contribution in [3.8, 4) is 0 Å². The summed E-state index contributed by atoms with van der Waals surface area (Å²) in [5.74, 6) is -0.469. The summed E-state index contributed by atoms with van der Waals surface area (Å²) in [6.07, 6.45) is 0. The third-order valence-corrected chi connectivity index (χ3v) is 2.02. The molecule has 0 saturated heterocycles. The van der Waals surface area contributed by atoms with Gasteiger partial charge in [0.15, 0.2) is 0 Å². The van der Waals surface area contributed by atoms with Crippen LogP contribution in [0, 0.1) is 5.82 Å². The van der Waals surface area contributed by atoms with Crippen LogP contribution < -0.4 is 5.32 Å². The molecule has 0 bridgehead atoms. The van der Waals surface area contributed by atoms with Gasteiger partial charge in [0.25, 0.3) is 0 Å². The van der Waals surface area contributed by atoms with Crippen LogP contribution in [0.4, 0.5) is 4.39 Å². The zero-order valence-corrected chi connectivity index (χ0v) is 8.79. The quantitative estimate of drug-likeness (QED) is 0.822. The lowest BCUT2D eigenvalue weighted by Gasteiger charge is -2.13. The molecule has 0 fully saturated rings.